The van der Waals surface area contributed by atoms with Crippen molar-refractivity contribution in [2.45, 2.75) is 19.0 Å². The first-order valence-corrected chi connectivity index (χ1v) is 10.3. The molecular formula is C23H18F4N4O4. The number of carboxylic acids is 1. The first-order valence-electron chi connectivity index (χ1n) is 10.3. The topological polar surface area (TPSA) is 113 Å². The summed E-state index contributed by atoms with van der Waals surface area (Å²) >= 11 is 0. The molecule has 1 aliphatic carbocycles. The highest BCUT2D eigenvalue weighted by Crippen LogP contribution is 2.45. The van der Waals surface area contributed by atoms with Crippen LogP contribution in [-0.4, -0.2) is 33.7 Å². The number of nitrogens with zero attached hydrogens (tertiary/aromatic N) is 2. The van der Waals surface area contributed by atoms with Gasteiger partial charge >= 0.3 is 24.2 Å². The van der Waals surface area contributed by atoms with Gasteiger partial charge in [0.05, 0.1) is 11.3 Å². The molecule has 182 valence electrons. The molecule has 12 heteroatoms. The largest absolute Gasteiger partial charge is 0.481 e. The standard InChI is InChI=1S/C23H18F4N4O4/c24-17-6-3-15(23(25,26)27)9-18(17)31-20(34)30-16-4-1-13(2-5-16)14-10-28-21(29-11-14)35-12-22(7-8-22)19(32)33/h1-6,9-11H,7-8,12H2,(H,32,33)(H2,30,31,34). The number of halogens is 4. The van der Waals surface area contributed by atoms with Gasteiger partial charge in [-0.2, -0.15) is 13.2 Å². The van der Waals surface area contributed by atoms with Crippen LogP contribution >= 0.6 is 0 Å². The lowest BCUT2D eigenvalue weighted by Crippen LogP contribution is -2.23. The Morgan fingerprint density at radius 3 is 2.23 bits per heavy atom. The number of hydrogen-bond acceptors (Lipinski definition) is 5. The highest BCUT2D eigenvalue weighted by atomic mass is 19.4. The van der Waals surface area contributed by atoms with Gasteiger partial charge < -0.3 is 20.5 Å². The van der Waals surface area contributed by atoms with E-state index in [4.69, 9.17) is 9.84 Å². The summed E-state index contributed by atoms with van der Waals surface area (Å²) in [4.78, 5) is 31.5. The zero-order valence-corrected chi connectivity index (χ0v) is 17.9. The minimum atomic E-state index is -4.68. The second-order valence-corrected chi connectivity index (χ2v) is 7.98. The second kappa shape index (κ2) is 9.20. The predicted octanol–water partition coefficient (Wildman–Crippen LogP) is 5.19. The van der Waals surface area contributed by atoms with Crippen LogP contribution < -0.4 is 15.4 Å². The van der Waals surface area contributed by atoms with Crippen molar-refractivity contribution in [3.05, 3.63) is 66.2 Å². The van der Waals surface area contributed by atoms with Crippen molar-refractivity contribution in [1.82, 2.24) is 9.97 Å². The lowest BCUT2D eigenvalue weighted by atomic mass is 10.1. The van der Waals surface area contributed by atoms with Crippen LogP contribution in [0.25, 0.3) is 11.1 Å². The fourth-order valence-electron chi connectivity index (χ4n) is 3.14. The van der Waals surface area contributed by atoms with Crippen LogP contribution in [0.4, 0.5) is 33.7 Å². The quantitative estimate of drug-likeness (QED) is 0.393. The summed E-state index contributed by atoms with van der Waals surface area (Å²) in [6.45, 7) is -0.00545. The Kier molecular flexibility index (Phi) is 6.29. The van der Waals surface area contributed by atoms with E-state index in [9.17, 15) is 27.2 Å². The molecule has 1 saturated carbocycles. The molecule has 1 heterocycles. The van der Waals surface area contributed by atoms with E-state index in [1.807, 2.05) is 0 Å². The number of carboxylic acid groups (broad SMARTS) is 1. The van der Waals surface area contributed by atoms with Crippen LogP contribution in [0.2, 0.25) is 0 Å². The van der Waals surface area contributed by atoms with Crippen LogP contribution in [0.5, 0.6) is 6.01 Å². The van der Waals surface area contributed by atoms with Gasteiger partial charge in [-0.3, -0.25) is 4.79 Å². The predicted molar refractivity (Wildman–Crippen MR) is 116 cm³/mol. The van der Waals surface area contributed by atoms with E-state index < -0.39 is 40.7 Å². The van der Waals surface area contributed by atoms with E-state index >= 15 is 0 Å². The van der Waals surface area contributed by atoms with Crippen molar-refractivity contribution < 1.29 is 37.0 Å². The van der Waals surface area contributed by atoms with Gasteiger partial charge in [0, 0.05) is 23.6 Å². The fourth-order valence-corrected chi connectivity index (χ4v) is 3.14. The SMILES string of the molecule is O=C(Nc1ccc(-c2cnc(OCC3(C(=O)O)CC3)nc2)cc1)Nc1cc(C(F)(F)F)ccc1F. The zero-order valence-electron chi connectivity index (χ0n) is 17.9. The second-order valence-electron chi connectivity index (χ2n) is 7.98. The molecule has 2 amide bonds. The first kappa shape index (κ1) is 23.9. The molecule has 1 fully saturated rings. The van der Waals surface area contributed by atoms with Gasteiger partial charge in [-0.15, -0.1) is 0 Å². The van der Waals surface area contributed by atoms with Gasteiger partial charge in [0.15, 0.2) is 0 Å². The minimum Gasteiger partial charge on any atom is -0.481 e. The smallest absolute Gasteiger partial charge is 0.416 e. The molecular weight excluding hydrogens is 472 g/mol. The molecule has 0 radical (unpaired) electrons. The molecule has 3 aromatic rings. The van der Waals surface area contributed by atoms with E-state index in [2.05, 4.69) is 20.6 Å². The number of anilines is 2. The maximum atomic E-state index is 13.8. The van der Waals surface area contributed by atoms with E-state index in [0.29, 0.717) is 47.9 Å². The molecule has 2 aromatic carbocycles. The van der Waals surface area contributed by atoms with Crippen molar-refractivity contribution in [3.63, 3.8) is 0 Å². The van der Waals surface area contributed by atoms with Crippen LogP contribution in [0, 0.1) is 11.2 Å². The van der Waals surface area contributed by atoms with Crippen molar-refractivity contribution in [2.75, 3.05) is 17.2 Å². The average molecular weight is 490 g/mol. The molecule has 0 saturated heterocycles. The number of amides is 2. The third-order valence-corrected chi connectivity index (χ3v) is 5.43. The van der Waals surface area contributed by atoms with Gasteiger partial charge in [0.1, 0.15) is 17.8 Å². The molecule has 1 aromatic heterocycles. The van der Waals surface area contributed by atoms with Gasteiger partial charge in [0.2, 0.25) is 0 Å². The number of aliphatic carboxylic acids is 1. The highest BCUT2D eigenvalue weighted by molar-refractivity contribution is 6.00. The number of rotatable bonds is 7. The van der Waals surface area contributed by atoms with Gasteiger partial charge in [-0.05, 0) is 48.7 Å². The van der Waals surface area contributed by atoms with Crippen LogP contribution in [0.15, 0.2) is 54.9 Å². The monoisotopic (exact) mass is 490 g/mol. The summed E-state index contributed by atoms with van der Waals surface area (Å²) in [5, 5.41) is 13.6. The Bertz CT molecular complexity index is 1240. The number of alkyl halides is 3. The molecule has 0 atom stereocenters. The van der Waals surface area contributed by atoms with Crippen molar-refractivity contribution >= 4 is 23.4 Å². The summed E-state index contributed by atoms with van der Waals surface area (Å²) in [7, 11) is 0. The molecule has 4 rings (SSSR count). The molecule has 0 unspecified atom stereocenters. The van der Waals surface area contributed by atoms with Gasteiger partial charge in [0.25, 0.3) is 0 Å². The van der Waals surface area contributed by atoms with E-state index in [1.165, 1.54) is 24.5 Å². The molecule has 0 spiro atoms. The van der Waals surface area contributed by atoms with Crippen LogP contribution in [0.1, 0.15) is 18.4 Å². The molecule has 8 nitrogen and oxygen atoms in total. The summed E-state index contributed by atoms with van der Waals surface area (Å²) < 4.78 is 57.6. The Morgan fingerprint density at radius 2 is 1.66 bits per heavy atom. The average Bonchev–Trinajstić information content (AvgIpc) is 3.61. The molecule has 35 heavy (non-hydrogen) atoms. The molecule has 1 aliphatic rings. The summed E-state index contributed by atoms with van der Waals surface area (Å²) in [6.07, 6.45) is -0.591. The summed E-state index contributed by atoms with van der Waals surface area (Å²) in [5.74, 6) is -1.91. The normalized spacial score (nSPS) is 14.2. The minimum absolute atomic E-state index is 0.00545. The number of hydrogen-bond donors (Lipinski definition) is 3. The Morgan fingerprint density at radius 1 is 1.00 bits per heavy atom. The summed E-state index contributed by atoms with van der Waals surface area (Å²) in [5.41, 5.74) is -0.933. The molecule has 0 bridgehead atoms. The third kappa shape index (κ3) is 5.65. The van der Waals surface area contributed by atoms with Gasteiger partial charge in [-0.1, -0.05) is 12.1 Å². The summed E-state index contributed by atoms with van der Waals surface area (Å²) in [6, 6.07) is 7.20. The zero-order chi connectivity index (χ0) is 25.2. The van der Waals surface area contributed by atoms with Crippen LogP contribution in [-0.2, 0) is 11.0 Å². The molecule has 3 N–H and O–H groups in total. The van der Waals surface area contributed by atoms with E-state index in [-0.39, 0.29) is 12.6 Å². The number of carbonyl (C=O) groups excluding carboxylic acids is 1. The lowest BCUT2D eigenvalue weighted by molar-refractivity contribution is -0.144. The van der Waals surface area contributed by atoms with Crippen molar-refractivity contribution in [1.29, 1.82) is 0 Å². The van der Waals surface area contributed by atoms with Crippen LogP contribution in [0.3, 0.4) is 0 Å². The van der Waals surface area contributed by atoms with Crippen molar-refractivity contribution in [3.8, 4) is 17.1 Å². The first-order chi connectivity index (χ1) is 16.6. The fraction of sp³-hybridized carbons (Fsp3) is 0.217. The number of urea groups is 1. The van der Waals surface area contributed by atoms with Gasteiger partial charge in [-0.25, -0.2) is 19.2 Å². The van der Waals surface area contributed by atoms with E-state index in [1.54, 1.807) is 12.1 Å². The third-order valence-electron chi connectivity index (χ3n) is 5.43. The number of ether oxygens (including phenoxy) is 1. The Labute approximate surface area is 196 Å². The van der Waals surface area contributed by atoms with Crippen molar-refractivity contribution in [2.24, 2.45) is 5.41 Å². The Hall–Kier alpha value is -4.22. The van der Waals surface area contributed by atoms with E-state index in [0.717, 1.165) is 0 Å². The number of aromatic nitrogens is 2. The maximum Gasteiger partial charge on any atom is 0.416 e. The molecule has 0 aliphatic heterocycles. The number of nitrogens with one attached hydrogen (secondary N) is 2. The highest BCUT2D eigenvalue weighted by Gasteiger charge is 2.51. The number of carbonyl (C=O) groups is 2. The lowest BCUT2D eigenvalue weighted by Gasteiger charge is -2.12. The Balaban J connectivity index is 1.35. The number of benzene rings is 2. The maximum absolute atomic E-state index is 13.8.